The number of ether oxygens (including phenoxy) is 1. The molecule has 25 heavy (non-hydrogen) atoms. The van der Waals surface area contributed by atoms with Crippen LogP contribution in [0.5, 0.6) is 0 Å². The van der Waals surface area contributed by atoms with Gasteiger partial charge in [0.2, 0.25) is 0 Å². The molecule has 0 aliphatic heterocycles. The average Bonchev–Trinajstić information content (AvgIpc) is 3.16. The van der Waals surface area contributed by atoms with Crippen LogP contribution in [-0.2, 0) is 24.4 Å². The Morgan fingerprint density at radius 3 is 2.16 bits per heavy atom. The number of rotatable bonds is 7. The molecular formula is C20H26N4O. The molecular weight excluding hydrogens is 312 g/mol. The van der Waals surface area contributed by atoms with E-state index in [2.05, 4.69) is 67.6 Å². The highest BCUT2D eigenvalue weighted by molar-refractivity contribution is 5.25. The maximum atomic E-state index is 5.27. The van der Waals surface area contributed by atoms with Crippen LogP contribution in [0.4, 0.5) is 0 Å². The number of aryl methyl sites for hydroxylation is 1. The highest BCUT2D eigenvalue weighted by atomic mass is 16.5. The second-order valence-electron chi connectivity index (χ2n) is 6.85. The van der Waals surface area contributed by atoms with Crippen molar-refractivity contribution in [1.82, 2.24) is 19.6 Å². The molecule has 3 aromatic rings. The van der Waals surface area contributed by atoms with Crippen molar-refractivity contribution < 1.29 is 4.74 Å². The van der Waals surface area contributed by atoms with E-state index in [4.69, 9.17) is 4.74 Å². The van der Waals surface area contributed by atoms with E-state index in [0.29, 0.717) is 12.5 Å². The van der Waals surface area contributed by atoms with Crippen LogP contribution < -0.4 is 0 Å². The van der Waals surface area contributed by atoms with Gasteiger partial charge in [-0.3, -0.25) is 9.36 Å². The lowest BCUT2D eigenvalue weighted by Crippen LogP contribution is -2.03. The number of hydrogen-bond donors (Lipinski definition) is 0. The van der Waals surface area contributed by atoms with Gasteiger partial charge in [-0.25, -0.2) is 0 Å². The minimum absolute atomic E-state index is 0.443. The van der Waals surface area contributed by atoms with Crippen molar-refractivity contribution in [2.24, 2.45) is 0 Å². The topological polar surface area (TPSA) is 44.9 Å². The maximum absolute atomic E-state index is 5.27. The van der Waals surface area contributed by atoms with E-state index >= 15 is 0 Å². The van der Waals surface area contributed by atoms with Crippen molar-refractivity contribution in [2.45, 2.75) is 46.4 Å². The molecule has 0 aliphatic carbocycles. The van der Waals surface area contributed by atoms with E-state index in [9.17, 15) is 0 Å². The lowest BCUT2D eigenvalue weighted by Gasteiger charge is -2.05. The highest BCUT2D eigenvalue weighted by Crippen LogP contribution is 2.20. The second kappa shape index (κ2) is 7.66. The molecule has 0 fully saturated rings. The van der Waals surface area contributed by atoms with Gasteiger partial charge < -0.3 is 4.74 Å². The zero-order valence-corrected chi connectivity index (χ0v) is 15.4. The van der Waals surface area contributed by atoms with Crippen LogP contribution in [0.3, 0.4) is 0 Å². The minimum Gasteiger partial charge on any atom is -0.378 e. The Balaban J connectivity index is 1.69. The van der Waals surface area contributed by atoms with Crippen molar-refractivity contribution in [3.63, 3.8) is 0 Å². The number of aromatic nitrogens is 4. The molecule has 0 saturated heterocycles. The molecule has 0 aliphatic rings. The van der Waals surface area contributed by atoms with Gasteiger partial charge in [-0.2, -0.15) is 10.2 Å². The molecule has 0 saturated carbocycles. The molecule has 0 radical (unpaired) electrons. The van der Waals surface area contributed by atoms with Crippen LogP contribution in [-0.4, -0.2) is 26.7 Å². The smallest absolute Gasteiger partial charge is 0.0916 e. The first-order valence-corrected chi connectivity index (χ1v) is 8.67. The number of hydrogen-bond acceptors (Lipinski definition) is 3. The summed E-state index contributed by atoms with van der Waals surface area (Å²) in [5, 5.41) is 9.03. The van der Waals surface area contributed by atoms with Gasteiger partial charge >= 0.3 is 0 Å². The summed E-state index contributed by atoms with van der Waals surface area (Å²) in [4.78, 5) is 0. The monoisotopic (exact) mass is 338 g/mol. The maximum Gasteiger partial charge on any atom is 0.0916 e. The predicted molar refractivity (Wildman–Crippen MR) is 98.6 cm³/mol. The van der Waals surface area contributed by atoms with E-state index < -0.39 is 0 Å². The largest absolute Gasteiger partial charge is 0.378 e. The minimum atomic E-state index is 0.443. The predicted octanol–water partition coefficient (Wildman–Crippen LogP) is 3.75. The van der Waals surface area contributed by atoms with E-state index in [1.165, 1.54) is 22.3 Å². The first-order chi connectivity index (χ1) is 12.0. The normalized spacial score (nSPS) is 11.4. The van der Waals surface area contributed by atoms with Gasteiger partial charge in [0, 0.05) is 19.5 Å². The summed E-state index contributed by atoms with van der Waals surface area (Å²) in [6, 6.07) is 8.65. The molecule has 0 amide bonds. The number of methoxy groups -OCH3 is 1. The average molecular weight is 338 g/mol. The molecule has 5 nitrogen and oxygen atoms in total. The van der Waals surface area contributed by atoms with Crippen LogP contribution in [0.25, 0.3) is 0 Å². The summed E-state index contributed by atoms with van der Waals surface area (Å²) in [6.45, 7) is 8.55. The molecule has 0 atom stereocenters. The SMILES string of the molecule is COCc1nn(Cc2ccc(Cn3cc(C)cn3)cc2)cc1C(C)C. The quantitative estimate of drug-likeness (QED) is 0.659. The first-order valence-electron chi connectivity index (χ1n) is 8.67. The fourth-order valence-corrected chi connectivity index (χ4v) is 2.97. The summed E-state index contributed by atoms with van der Waals surface area (Å²) in [6.07, 6.45) is 6.08. The zero-order valence-electron chi connectivity index (χ0n) is 15.4. The Morgan fingerprint density at radius 2 is 1.64 bits per heavy atom. The van der Waals surface area contributed by atoms with Crippen LogP contribution in [0.1, 0.15) is 47.7 Å². The Morgan fingerprint density at radius 1 is 1.00 bits per heavy atom. The molecule has 0 bridgehead atoms. The third-order valence-electron chi connectivity index (χ3n) is 4.25. The van der Waals surface area contributed by atoms with Gasteiger partial charge in [0.1, 0.15) is 0 Å². The molecule has 2 aromatic heterocycles. The summed E-state index contributed by atoms with van der Waals surface area (Å²) >= 11 is 0. The third-order valence-corrected chi connectivity index (χ3v) is 4.25. The number of nitrogens with zero attached hydrogens (tertiary/aromatic N) is 4. The van der Waals surface area contributed by atoms with Crippen LogP contribution in [0, 0.1) is 6.92 Å². The molecule has 5 heteroatoms. The molecule has 0 N–H and O–H groups in total. The van der Waals surface area contributed by atoms with Gasteiger partial charge in [0.05, 0.1) is 31.6 Å². The van der Waals surface area contributed by atoms with Gasteiger partial charge in [0.15, 0.2) is 0 Å². The number of benzene rings is 1. The van der Waals surface area contributed by atoms with E-state index in [1.54, 1.807) is 7.11 Å². The van der Waals surface area contributed by atoms with Gasteiger partial charge in [0.25, 0.3) is 0 Å². The summed E-state index contributed by atoms with van der Waals surface area (Å²) in [5.41, 5.74) is 5.95. The van der Waals surface area contributed by atoms with Gasteiger partial charge in [-0.15, -0.1) is 0 Å². The fourth-order valence-electron chi connectivity index (χ4n) is 2.97. The van der Waals surface area contributed by atoms with E-state index in [0.717, 1.165) is 18.8 Å². The van der Waals surface area contributed by atoms with E-state index in [-0.39, 0.29) is 0 Å². The molecule has 132 valence electrons. The third kappa shape index (κ3) is 4.37. The Hall–Kier alpha value is -2.40. The molecule has 3 rings (SSSR count). The molecule has 0 spiro atoms. The van der Waals surface area contributed by atoms with Gasteiger partial charge in [-0.05, 0) is 35.1 Å². The lowest BCUT2D eigenvalue weighted by molar-refractivity contribution is 0.180. The van der Waals surface area contributed by atoms with Crippen molar-refractivity contribution in [2.75, 3.05) is 7.11 Å². The second-order valence-corrected chi connectivity index (χ2v) is 6.85. The lowest BCUT2D eigenvalue weighted by atomic mass is 10.0. The Labute approximate surface area is 149 Å². The molecule has 2 heterocycles. The van der Waals surface area contributed by atoms with Crippen molar-refractivity contribution in [3.8, 4) is 0 Å². The summed E-state index contributed by atoms with van der Waals surface area (Å²) < 4.78 is 9.24. The molecule has 1 aromatic carbocycles. The summed E-state index contributed by atoms with van der Waals surface area (Å²) in [7, 11) is 1.71. The van der Waals surface area contributed by atoms with Crippen molar-refractivity contribution in [1.29, 1.82) is 0 Å². The zero-order chi connectivity index (χ0) is 17.8. The fraction of sp³-hybridized carbons (Fsp3) is 0.400. The van der Waals surface area contributed by atoms with Crippen molar-refractivity contribution in [3.05, 3.63) is 70.8 Å². The van der Waals surface area contributed by atoms with Gasteiger partial charge in [-0.1, -0.05) is 38.1 Å². The van der Waals surface area contributed by atoms with Crippen LogP contribution in [0.15, 0.2) is 42.9 Å². The standard InChI is InChI=1S/C20H26N4O/c1-15(2)19-13-24(22-20(19)14-25-4)12-18-7-5-17(6-8-18)11-23-10-16(3)9-21-23/h5-10,13,15H,11-12,14H2,1-4H3. The summed E-state index contributed by atoms with van der Waals surface area (Å²) in [5.74, 6) is 0.443. The van der Waals surface area contributed by atoms with Crippen LogP contribution in [0.2, 0.25) is 0 Å². The first kappa shape index (κ1) is 17.4. The highest BCUT2D eigenvalue weighted by Gasteiger charge is 2.12. The molecule has 0 unspecified atom stereocenters. The Bertz CT molecular complexity index is 815. The van der Waals surface area contributed by atoms with Crippen LogP contribution >= 0.6 is 0 Å². The van der Waals surface area contributed by atoms with E-state index in [1.807, 2.05) is 15.6 Å². The van der Waals surface area contributed by atoms with Crippen molar-refractivity contribution >= 4 is 0 Å². The Kier molecular flexibility index (Phi) is 5.34.